The molecule has 3 aromatic carbocycles. The van der Waals surface area contributed by atoms with Crippen LogP contribution in [0.2, 0.25) is 0 Å². The van der Waals surface area contributed by atoms with Crippen LogP contribution in [-0.2, 0) is 0 Å². The van der Waals surface area contributed by atoms with Gasteiger partial charge in [0.1, 0.15) is 11.3 Å². The predicted molar refractivity (Wildman–Crippen MR) is 84.0 cm³/mol. The third kappa shape index (κ3) is 1.64. The van der Waals surface area contributed by atoms with Crippen LogP contribution in [0.1, 0.15) is 0 Å². The lowest BCUT2D eigenvalue weighted by Gasteiger charge is -2.10. The highest BCUT2D eigenvalue weighted by molar-refractivity contribution is 6.15. The summed E-state index contributed by atoms with van der Waals surface area (Å²) in [7, 11) is 1.65. The lowest BCUT2D eigenvalue weighted by molar-refractivity contribution is 0.420. The second-order valence-electron chi connectivity index (χ2n) is 4.94. The van der Waals surface area contributed by atoms with Gasteiger partial charge in [-0.3, -0.25) is 0 Å². The largest absolute Gasteiger partial charge is 0.496 e. The molecule has 0 bridgehead atoms. The summed E-state index contributed by atoms with van der Waals surface area (Å²) in [5, 5.41) is 4.18. The van der Waals surface area contributed by atoms with Crippen molar-refractivity contribution in [1.82, 2.24) is 0 Å². The van der Waals surface area contributed by atoms with E-state index in [9.17, 15) is 4.79 Å². The minimum absolute atomic E-state index is 0.312. The molecule has 0 aliphatic rings. The van der Waals surface area contributed by atoms with Crippen LogP contribution in [0.3, 0.4) is 0 Å². The molecule has 0 amide bonds. The van der Waals surface area contributed by atoms with E-state index in [2.05, 4.69) is 0 Å². The second kappa shape index (κ2) is 4.35. The molecule has 1 aromatic heterocycles. The lowest BCUT2D eigenvalue weighted by atomic mass is 10.0. The van der Waals surface area contributed by atoms with E-state index in [-0.39, 0.29) is 5.63 Å². The zero-order chi connectivity index (χ0) is 14.4. The Bertz CT molecular complexity index is 1040. The standard InChI is InChI=1S/C18H12O3/c1-20-16-10-15-11-6-2-5-9-14(11)18(19)21-17(15)13-8-4-3-7-12(13)16/h2-10H,1H3. The number of methoxy groups -OCH3 is 1. The van der Waals surface area contributed by atoms with Crippen LogP contribution in [0, 0.1) is 0 Å². The minimum Gasteiger partial charge on any atom is -0.496 e. The zero-order valence-electron chi connectivity index (χ0n) is 11.4. The SMILES string of the molecule is COc1cc2c3ccccc3c(=O)oc2c2ccccc12. The van der Waals surface area contributed by atoms with Crippen molar-refractivity contribution in [3.8, 4) is 5.75 Å². The van der Waals surface area contributed by atoms with Gasteiger partial charge >= 0.3 is 5.63 Å². The van der Waals surface area contributed by atoms with Crippen LogP contribution in [0.5, 0.6) is 5.75 Å². The Morgan fingerprint density at radius 2 is 1.43 bits per heavy atom. The molecule has 1 heterocycles. The molecule has 0 aliphatic heterocycles. The van der Waals surface area contributed by atoms with Crippen molar-refractivity contribution in [3.05, 3.63) is 65.0 Å². The van der Waals surface area contributed by atoms with Crippen molar-refractivity contribution in [1.29, 1.82) is 0 Å². The van der Waals surface area contributed by atoms with E-state index in [1.54, 1.807) is 13.2 Å². The molecule has 0 aliphatic carbocycles. The molecular formula is C18H12O3. The molecule has 4 aromatic rings. The first-order valence-electron chi connectivity index (χ1n) is 6.71. The molecule has 0 spiro atoms. The van der Waals surface area contributed by atoms with Crippen molar-refractivity contribution in [3.63, 3.8) is 0 Å². The third-order valence-electron chi connectivity index (χ3n) is 3.81. The number of fused-ring (bicyclic) bond motifs is 5. The highest BCUT2D eigenvalue weighted by Crippen LogP contribution is 2.35. The number of benzene rings is 3. The van der Waals surface area contributed by atoms with Crippen molar-refractivity contribution >= 4 is 32.5 Å². The topological polar surface area (TPSA) is 39.4 Å². The third-order valence-corrected chi connectivity index (χ3v) is 3.81. The summed E-state index contributed by atoms with van der Waals surface area (Å²) in [4.78, 5) is 12.2. The van der Waals surface area contributed by atoms with Gasteiger partial charge in [-0.15, -0.1) is 0 Å². The molecule has 0 fully saturated rings. The number of ether oxygens (including phenoxy) is 1. The van der Waals surface area contributed by atoms with Gasteiger partial charge < -0.3 is 9.15 Å². The summed E-state index contributed by atoms with van der Waals surface area (Å²) in [5.41, 5.74) is 0.295. The van der Waals surface area contributed by atoms with Crippen LogP contribution in [0.15, 0.2) is 63.8 Å². The van der Waals surface area contributed by atoms with Gasteiger partial charge in [0.05, 0.1) is 12.5 Å². The van der Waals surface area contributed by atoms with E-state index in [0.29, 0.717) is 11.0 Å². The predicted octanol–water partition coefficient (Wildman–Crippen LogP) is 4.11. The fourth-order valence-corrected chi connectivity index (χ4v) is 2.84. The normalized spacial score (nSPS) is 11.3. The highest BCUT2D eigenvalue weighted by Gasteiger charge is 2.13. The molecule has 3 heteroatoms. The molecule has 0 radical (unpaired) electrons. The van der Waals surface area contributed by atoms with Crippen LogP contribution < -0.4 is 10.4 Å². The van der Waals surface area contributed by atoms with E-state index < -0.39 is 0 Å². The van der Waals surface area contributed by atoms with Gasteiger partial charge in [0.25, 0.3) is 0 Å². The van der Waals surface area contributed by atoms with E-state index in [0.717, 1.165) is 27.3 Å². The fourth-order valence-electron chi connectivity index (χ4n) is 2.84. The summed E-state index contributed by atoms with van der Waals surface area (Å²) in [6.07, 6.45) is 0. The molecule has 21 heavy (non-hydrogen) atoms. The van der Waals surface area contributed by atoms with Crippen LogP contribution in [0.4, 0.5) is 0 Å². The van der Waals surface area contributed by atoms with E-state index >= 15 is 0 Å². The minimum atomic E-state index is -0.312. The first-order chi connectivity index (χ1) is 10.3. The molecule has 0 saturated heterocycles. The Labute approximate surface area is 120 Å². The number of hydrogen-bond acceptors (Lipinski definition) is 3. The summed E-state index contributed by atoms with van der Waals surface area (Å²) < 4.78 is 11.1. The second-order valence-corrected chi connectivity index (χ2v) is 4.94. The van der Waals surface area contributed by atoms with Gasteiger partial charge in [-0.2, -0.15) is 0 Å². The fraction of sp³-hybridized carbons (Fsp3) is 0.0556. The quantitative estimate of drug-likeness (QED) is 0.388. The van der Waals surface area contributed by atoms with Gasteiger partial charge in [-0.25, -0.2) is 4.79 Å². The van der Waals surface area contributed by atoms with Crippen molar-refractivity contribution in [2.24, 2.45) is 0 Å². The highest BCUT2D eigenvalue weighted by atomic mass is 16.5. The lowest BCUT2D eigenvalue weighted by Crippen LogP contribution is -2.00. The maximum absolute atomic E-state index is 12.2. The van der Waals surface area contributed by atoms with Crippen molar-refractivity contribution < 1.29 is 9.15 Å². The first-order valence-corrected chi connectivity index (χ1v) is 6.71. The molecule has 0 unspecified atom stereocenters. The molecule has 3 nitrogen and oxygen atoms in total. The summed E-state index contributed by atoms with van der Waals surface area (Å²) in [6.45, 7) is 0. The average molecular weight is 276 g/mol. The molecule has 4 rings (SSSR count). The average Bonchev–Trinajstić information content (AvgIpc) is 2.55. The Balaban J connectivity index is 2.36. The monoisotopic (exact) mass is 276 g/mol. The van der Waals surface area contributed by atoms with Crippen molar-refractivity contribution in [2.45, 2.75) is 0 Å². The smallest absolute Gasteiger partial charge is 0.344 e. The summed E-state index contributed by atoms with van der Waals surface area (Å²) in [5.74, 6) is 0.775. The Hall–Kier alpha value is -2.81. The maximum Gasteiger partial charge on any atom is 0.344 e. The van der Waals surface area contributed by atoms with E-state index in [1.165, 1.54) is 0 Å². The van der Waals surface area contributed by atoms with Gasteiger partial charge in [-0.1, -0.05) is 42.5 Å². The van der Waals surface area contributed by atoms with Gasteiger partial charge in [0, 0.05) is 21.5 Å². The summed E-state index contributed by atoms with van der Waals surface area (Å²) in [6, 6.07) is 17.2. The summed E-state index contributed by atoms with van der Waals surface area (Å²) >= 11 is 0. The molecule has 0 N–H and O–H groups in total. The van der Waals surface area contributed by atoms with Gasteiger partial charge in [-0.05, 0) is 12.1 Å². The first kappa shape index (κ1) is 12.0. The maximum atomic E-state index is 12.2. The van der Waals surface area contributed by atoms with E-state index in [4.69, 9.17) is 9.15 Å². The van der Waals surface area contributed by atoms with Gasteiger partial charge in [0.2, 0.25) is 0 Å². The van der Waals surface area contributed by atoms with Crippen LogP contribution in [0.25, 0.3) is 32.5 Å². The molecule has 0 saturated carbocycles. The van der Waals surface area contributed by atoms with Crippen LogP contribution in [-0.4, -0.2) is 7.11 Å². The number of rotatable bonds is 1. The Kier molecular flexibility index (Phi) is 2.48. The van der Waals surface area contributed by atoms with Crippen molar-refractivity contribution in [2.75, 3.05) is 7.11 Å². The number of hydrogen-bond donors (Lipinski definition) is 0. The molecule has 102 valence electrons. The zero-order valence-corrected chi connectivity index (χ0v) is 11.4. The molecule has 0 atom stereocenters. The van der Waals surface area contributed by atoms with E-state index in [1.807, 2.05) is 48.5 Å². The molecular weight excluding hydrogens is 264 g/mol. The Morgan fingerprint density at radius 3 is 2.14 bits per heavy atom. The Morgan fingerprint density at radius 1 is 0.810 bits per heavy atom. The van der Waals surface area contributed by atoms with Crippen LogP contribution >= 0.6 is 0 Å². The van der Waals surface area contributed by atoms with Gasteiger partial charge in [0.15, 0.2) is 0 Å².